The Hall–Kier alpha value is -1.55. The lowest BCUT2D eigenvalue weighted by Crippen LogP contribution is -2.31. The molecule has 1 aromatic rings. The van der Waals surface area contributed by atoms with E-state index in [1.165, 1.54) is 0 Å². The van der Waals surface area contributed by atoms with Crippen LogP contribution in [0.4, 0.5) is 5.69 Å². The van der Waals surface area contributed by atoms with Crippen molar-refractivity contribution in [3.05, 3.63) is 29.8 Å². The summed E-state index contributed by atoms with van der Waals surface area (Å²) in [6, 6.07) is 8.25. The van der Waals surface area contributed by atoms with Crippen LogP contribution in [0.5, 0.6) is 0 Å². The summed E-state index contributed by atoms with van der Waals surface area (Å²) in [5.41, 5.74) is 1.78. The Kier molecular flexibility index (Phi) is 5.41. The summed E-state index contributed by atoms with van der Waals surface area (Å²) < 4.78 is 5.36. The molecular weight excluding hydrogens is 252 g/mol. The zero-order valence-electron chi connectivity index (χ0n) is 12.4. The Balaban J connectivity index is 2.05. The van der Waals surface area contributed by atoms with Gasteiger partial charge in [0.05, 0.1) is 0 Å². The Labute approximate surface area is 121 Å². The first-order chi connectivity index (χ1) is 9.74. The molecule has 0 atom stereocenters. The van der Waals surface area contributed by atoms with Crippen LogP contribution < -0.4 is 5.32 Å². The standard InChI is InChI=1S/C16H24N2O2/c1-3-18(4-2)16(19)13-6-5-7-15(12-13)17-14-8-10-20-11-9-14/h5-7,12,14,17H,3-4,8-11H2,1-2H3. The van der Waals surface area contributed by atoms with Crippen LogP contribution in [0.2, 0.25) is 0 Å². The molecule has 1 heterocycles. The Morgan fingerprint density at radius 3 is 2.65 bits per heavy atom. The van der Waals surface area contributed by atoms with Gasteiger partial charge in [0.25, 0.3) is 5.91 Å². The van der Waals surface area contributed by atoms with E-state index in [0.29, 0.717) is 6.04 Å². The molecule has 1 fully saturated rings. The molecule has 1 saturated heterocycles. The third-order valence-corrected chi connectivity index (χ3v) is 3.75. The van der Waals surface area contributed by atoms with Crippen LogP contribution in [0.3, 0.4) is 0 Å². The number of nitrogens with zero attached hydrogens (tertiary/aromatic N) is 1. The maximum atomic E-state index is 12.3. The van der Waals surface area contributed by atoms with Crippen LogP contribution in [0, 0.1) is 0 Å². The molecule has 1 aliphatic rings. The van der Waals surface area contributed by atoms with E-state index in [0.717, 1.165) is 50.4 Å². The Morgan fingerprint density at radius 1 is 1.30 bits per heavy atom. The fourth-order valence-electron chi connectivity index (χ4n) is 2.51. The molecule has 0 spiro atoms. The predicted octanol–water partition coefficient (Wildman–Crippen LogP) is 2.76. The van der Waals surface area contributed by atoms with E-state index in [-0.39, 0.29) is 5.91 Å². The van der Waals surface area contributed by atoms with Gasteiger partial charge in [0.15, 0.2) is 0 Å². The number of anilines is 1. The molecule has 0 saturated carbocycles. The molecule has 110 valence electrons. The minimum Gasteiger partial charge on any atom is -0.382 e. The van der Waals surface area contributed by atoms with E-state index < -0.39 is 0 Å². The van der Waals surface area contributed by atoms with Gasteiger partial charge in [0.1, 0.15) is 0 Å². The number of hydrogen-bond acceptors (Lipinski definition) is 3. The zero-order chi connectivity index (χ0) is 14.4. The molecule has 4 heteroatoms. The van der Waals surface area contributed by atoms with E-state index in [9.17, 15) is 4.79 Å². The van der Waals surface area contributed by atoms with Gasteiger partial charge in [-0.2, -0.15) is 0 Å². The van der Waals surface area contributed by atoms with Crippen molar-refractivity contribution in [2.24, 2.45) is 0 Å². The Morgan fingerprint density at radius 2 is 2.00 bits per heavy atom. The first-order valence-electron chi connectivity index (χ1n) is 7.48. The summed E-state index contributed by atoms with van der Waals surface area (Å²) in [6.45, 7) is 7.13. The van der Waals surface area contributed by atoms with Gasteiger partial charge in [-0.15, -0.1) is 0 Å². The van der Waals surface area contributed by atoms with Gasteiger partial charge < -0.3 is 15.0 Å². The van der Waals surface area contributed by atoms with Crippen molar-refractivity contribution < 1.29 is 9.53 Å². The van der Waals surface area contributed by atoms with Gasteiger partial charge in [0.2, 0.25) is 0 Å². The molecule has 4 nitrogen and oxygen atoms in total. The highest BCUT2D eigenvalue weighted by Gasteiger charge is 2.15. The number of ether oxygens (including phenoxy) is 1. The zero-order valence-corrected chi connectivity index (χ0v) is 12.4. The lowest BCUT2D eigenvalue weighted by atomic mass is 10.1. The van der Waals surface area contributed by atoms with Crippen molar-refractivity contribution in [2.45, 2.75) is 32.7 Å². The van der Waals surface area contributed by atoms with Crippen molar-refractivity contribution in [2.75, 3.05) is 31.6 Å². The second-order valence-electron chi connectivity index (χ2n) is 5.09. The minimum atomic E-state index is 0.102. The highest BCUT2D eigenvalue weighted by molar-refractivity contribution is 5.95. The Bertz CT molecular complexity index is 438. The maximum Gasteiger partial charge on any atom is 0.253 e. The van der Waals surface area contributed by atoms with E-state index in [1.54, 1.807) is 0 Å². The van der Waals surface area contributed by atoms with Crippen LogP contribution in [0.15, 0.2) is 24.3 Å². The molecule has 2 rings (SSSR count). The van der Waals surface area contributed by atoms with Crippen LogP contribution >= 0.6 is 0 Å². The predicted molar refractivity (Wildman–Crippen MR) is 81.2 cm³/mol. The van der Waals surface area contributed by atoms with Crippen molar-refractivity contribution in [1.29, 1.82) is 0 Å². The molecule has 20 heavy (non-hydrogen) atoms. The molecule has 0 aliphatic carbocycles. The van der Waals surface area contributed by atoms with Crippen LogP contribution in [0.25, 0.3) is 0 Å². The number of nitrogens with one attached hydrogen (secondary N) is 1. The SMILES string of the molecule is CCN(CC)C(=O)c1cccc(NC2CCOCC2)c1. The largest absolute Gasteiger partial charge is 0.382 e. The second kappa shape index (κ2) is 7.29. The third-order valence-electron chi connectivity index (χ3n) is 3.75. The maximum absolute atomic E-state index is 12.3. The van der Waals surface area contributed by atoms with Gasteiger partial charge >= 0.3 is 0 Å². The number of hydrogen-bond donors (Lipinski definition) is 1. The molecule has 0 unspecified atom stereocenters. The van der Waals surface area contributed by atoms with E-state index in [2.05, 4.69) is 5.32 Å². The fourth-order valence-corrected chi connectivity index (χ4v) is 2.51. The molecule has 1 aliphatic heterocycles. The van der Waals surface area contributed by atoms with Crippen LogP contribution in [-0.4, -0.2) is 43.2 Å². The average molecular weight is 276 g/mol. The lowest BCUT2D eigenvalue weighted by Gasteiger charge is -2.24. The summed E-state index contributed by atoms with van der Waals surface area (Å²) in [5, 5.41) is 3.50. The van der Waals surface area contributed by atoms with Crippen molar-refractivity contribution in [3.63, 3.8) is 0 Å². The van der Waals surface area contributed by atoms with Gasteiger partial charge in [0, 0.05) is 43.6 Å². The first kappa shape index (κ1) is 14.9. The molecule has 1 amide bonds. The normalized spacial score (nSPS) is 15.9. The minimum absolute atomic E-state index is 0.102. The highest BCUT2D eigenvalue weighted by Crippen LogP contribution is 2.17. The third kappa shape index (κ3) is 3.73. The fraction of sp³-hybridized carbons (Fsp3) is 0.562. The number of rotatable bonds is 5. The van der Waals surface area contributed by atoms with Gasteiger partial charge in [-0.05, 0) is 44.9 Å². The molecule has 0 radical (unpaired) electrons. The smallest absolute Gasteiger partial charge is 0.253 e. The topological polar surface area (TPSA) is 41.6 Å². The molecule has 0 bridgehead atoms. The van der Waals surface area contributed by atoms with Gasteiger partial charge in [-0.25, -0.2) is 0 Å². The summed E-state index contributed by atoms with van der Waals surface area (Å²) in [4.78, 5) is 14.2. The van der Waals surface area contributed by atoms with E-state index in [4.69, 9.17) is 4.74 Å². The monoisotopic (exact) mass is 276 g/mol. The number of carbonyl (C=O) groups is 1. The first-order valence-corrected chi connectivity index (χ1v) is 7.48. The quantitative estimate of drug-likeness (QED) is 0.899. The summed E-state index contributed by atoms with van der Waals surface area (Å²) in [5.74, 6) is 0.102. The number of amides is 1. The van der Waals surface area contributed by atoms with Crippen molar-refractivity contribution >= 4 is 11.6 Å². The number of carbonyl (C=O) groups excluding carboxylic acids is 1. The van der Waals surface area contributed by atoms with E-state index >= 15 is 0 Å². The average Bonchev–Trinajstić information content (AvgIpc) is 2.49. The lowest BCUT2D eigenvalue weighted by molar-refractivity contribution is 0.0773. The van der Waals surface area contributed by atoms with Gasteiger partial charge in [-0.1, -0.05) is 6.07 Å². The summed E-state index contributed by atoms with van der Waals surface area (Å²) in [6.07, 6.45) is 2.04. The highest BCUT2D eigenvalue weighted by atomic mass is 16.5. The van der Waals surface area contributed by atoms with Crippen molar-refractivity contribution in [3.8, 4) is 0 Å². The molecule has 1 aromatic carbocycles. The molecular formula is C16H24N2O2. The van der Waals surface area contributed by atoms with E-state index in [1.807, 2.05) is 43.0 Å². The van der Waals surface area contributed by atoms with Crippen LogP contribution in [0.1, 0.15) is 37.0 Å². The summed E-state index contributed by atoms with van der Waals surface area (Å²) >= 11 is 0. The number of benzene rings is 1. The molecule has 1 N–H and O–H groups in total. The second-order valence-corrected chi connectivity index (χ2v) is 5.09. The van der Waals surface area contributed by atoms with Gasteiger partial charge in [-0.3, -0.25) is 4.79 Å². The molecule has 0 aromatic heterocycles. The summed E-state index contributed by atoms with van der Waals surface area (Å²) in [7, 11) is 0. The van der Waals surface area contributed by atoms with Crippen LogP contribution in [-0.2, 0) is 4.74 Å². The van der Waals surface area contributed by atoms with Crippen molar-refractivity contribution in [1.82, 2.24) is 4.90 Å².